The summed E-state index contributed by atoms with van der Waals surface area (Å²) >= 11 is 4.87. The van der Waals surface area contributed by atoms with Crippen LogP contribution in [0.25, 0.3) is 0 Å². The average molecular weight is 237 g/mol. The molecule has 16 heavy (non-hydrogen) atoms. The van der Waals surface area contributed by atoms with Crippen molar-refractivity contribution in [3.05, 3.63) is 23.8 Å². The second-order valence-corrected chi connectivity index (χ2v) is 3.47. The van der Waals surface area contributed by atoms with Gasteiger partial charge >= 0.3 is 0 Å². The first kappa shape index (κ1) is 10.7. The van der Waals surface area contributed by atoms with Crippen molar-refractivity contribution >= 4 is 23.5 Å². The van der Waals surface area contributed by atoms with Crippen LogP contribution in [0.15, 0.2) is 23.3 Å². The Morgan fingerprint density at radius 2 is 2.25 bits per heavy atom. The molecule has 0 atom stereocenters. The lowest BCUT2D eigenvalue weighted by Crippen LogP contribution is -2.28. The molecule has 2 N–H and O–H groups in total. The Labute approximate surface area is 98.4 Å². The van der Waals surface area contributed by atoms with Crippen molar-refractivity contribution in [2.24, 2.45) is 5.10 Å². The largest absolute Gasteiger partial charge is 0.454 e. The first-order valence-corrected chi connectivity index (χ1v) is 5.11. The number of benzene rings is 1. The van der Waals surface area contributed by atoms with E-state index >= 15 is 0 Å². The smallest absolute Gasteiger partial charge is 0.231 e. The van der Waals surface area contributed by atoms with E-state index in [1.54, 1.807) is 13.3 Å². The van der Waals surface area contributed by atoms with Gasteiger partial charge in [-0.3, -0.25) is 5.43 Å². The first-order valence-electron chi connectivity index (χ1n) is 4.70. The Bertz CT molecular complexity index is 434. The second-order valence-electron chi connectivity index (χ2n) is 3.06. The number of ether oxygens (including phenoxy) is 2. The van der Waals surface area contributed by atoms with Crippen molar-refractivity contribution in [1.29, 1.82) is 0 Å². The van der Waals surface area contributed by atoms with E-state index in [0.717, 1.165) is 17.1 Å². The summed E-state index contributed by atoms with van der Waals surface area (Å²) in [5.41, 5.74) is 3.58. The van der Waals surface area contributed by atoms with E-state index in [-0.39, 0.29) is 6.79 Å². The third kappa shape index (κ3) is 2.40. The molecule has 0 saturated heterocycles. The van der Waals surface area contributed by atoms with Crippen LogP contribution >= 0.6 is 12.2 Å². The van der Waals surface area contributed by atoms with Gasteiger partial charge in [0.05, 0.1) is 6.21 Å². The highest BCUT2D eigenvalue weighted by Gasteiger charge is 2.12. The van der Waals surface area contributed by atoms with Gasteiger partial charge in [-0.25, -0.2) is 0 Å². The predicted octanol–water partition coefficient (Wildman–Crippen LogP) is 0.843. The Balaban J connectivity index is 2.02. The third-order valence-electron chi connectivity index (χ3n) is 2.00. The monoisotopic (exact) mass is 237 g/mol. The van der Waals surface area contributed by atoms with Crippen LogP contribution in [0.5, 0.6) is 11.5 Å². The van der Waals surface area contributed by atoms with Crippen LogP contribution in [-0.2, 0) is 0 Å². The number of hydrogen-bond acceptors (Lipinski definition) is 4. The maximum absolute atomic E-state index is 5.25. The van der Waals surface area contributed by atoms with E-state index < -0.39 is 0 Å². The molecule has 1 aromatic carbocycles. The highest BCUT2D eigenvalue weighted by molar-refractivity contribution is 7.80. The van der Waals surface area contributed by atoms with Gasteiger partial charge in [-0.05, 0) is 36.0 Å². The van der Waals surface area contributed by atoms with Crippen molar-refractivity contribution in [1.82, 2.24) is 10.7 Å². The summed E-state index contributed by atoms with van der Waals surface area (Å²) in [4.78, 5) is 0. The third-order valence-corrected chi connectivity index (χ3v) is 2.30. The summed E-state index contributed by atoms with van der Waals surface area (Å²) in [5.74, 6) is 1.50. The Hall–Kier alpha value is -1.82. The zero-order chi connectivity index (χ0) is 11.4. The molecular formula is C10H11N3O2S. The van der Waals surface area contributed by atoms with Crippen molar-refractivity contribution < 1.29 is 9.47 Å². The van der Waals surface area contributed by atoms with Crippen molar-refractivity contribution in [2.45, 2.75) is 0 Å². The molecule has 1 aliphatic rings. The summed E-state index contributed by atoms with van der Waals surface area (Å²) < 4.78 is 10.4. The second kappa shape index (κ2) is 4.80. The van der Waals surface area contributed by atoms with Gasteiger partial charge in [0.15, 0.2) is 16.6 Å². The van der Waals surface area contributed by atoms with Gasteiger partial charge in [0.1, 0.15) is 0 Å². The van der Waals surface area contributed by atoms with Crippen molar-refractivity contribution in [2.75, 3.05) is 13.8 Å². The first-order chi connectivity index (χ1) is 7.79. The Morgan fingerprint density at radius 1 is 1.44 bits per heavy atom. The normalized spacial score (nSPS) is 12.8. The molecular weight excluding hydrogens is 226 g/mol. The topological polar surface area (TPSA) is 54.9 Å². The zero-order valence-electron chi connectivity index (χ0n) is 8.69. The maximum Gasteiger partial charge on any atom is 0.231 e. The quantitative estimate of drug-likeness (QED) is 0.453. The SMILES string of the molecule is CNC(=S)N/N=C\c1ccc2c(c1)OCO2. The molecule has 0 spiro atoms. The molecule has 1 heterocycles. The molecule has 0 unspecified atom stereocenters. The van der Waals surface area contributed by atoms with Gasteiger partial charge < -0.3 is 14.8 Å². The number of thiocarbonyl (C=S) groups is 1. The molecule has 0 bridgehead atoms. The van der Waals surface area contributed by atoms with Crippen LogP contribution in [-0.4, -0.2) is 25.2 Å². The van der Waals surface area contributed by atoms with E-state index in [1.807, 2.05) is 18.2 Å². The highest BCUT2D eigenvalue weighted by Crippen LogP contribution is 2.31. The average Bonchev–Trinajstić information content (AvgIpc) is 2.76. The van der Waals surface area contributed by atoms with Gasteiger partial charge in [-0.15, -0.1) is 0 Å². The number of nitrogens with zero attached hydrogens (tertiary/aromatic N) is 1. The lowest BCUT2D eigenvalue weighted by atomic mass is 10.2. The summed E-state index contributed by atoms with van der Waals surface area (Å²) in [6.45, 7) is 0.276. The minimum absolute atomic E-state index is 0.276. The molecule has 84 valence electrons. The summed E-state index contributed by atoms with van der Waals surface area (Å²) in [5, 5.41) is 7.19. The minimum atomic E-state index is 0.276. The van der Waals surface area contributed by atoms with Gasteiger partial charge in [0.2, 0.25) is 6.79 Å². The molecule has 0 radical (unpaired) electrons. The van der Waals surface area contributed by atoms with Crippen molar-refractivity contribution in [3.8, 4) is 11.5 Å². The Morgan fingerprint density at radius 3 is 3.06 bits per heavy atom. The molecule has 6 heteroatoms. The van der Waals surface area contributed by atoms with Crippen LogP contribution < -0.4 is 20.2 Å². The van der Waals surface area contributed by atoms with Crippen LogP contribution in [0.1, 0.15) is 5.56 Å². The van der Waals surface area contributed by atoms with E-state index in [1.165, 1.54) is 0 Å². The van der Waals surface area contributed by atoms with E-state index in [2.05, 4.69) is 15.8 Å². The van der Waals surface area contributed by atoms with Gasteiger partial charge in [0.25, 0.3) is 0 Å². The Kier molecular flexibility index (Phi) is 3.21. The molecule has 0 aliphatic carbocycles. The van der Waals surface area contributed by atoms with Gasteiger partial charge in [-0.2, -0.15) is 5.10 Å². The standard InChI is InChI=1S/C10H11N3O2S/c1-11-10(16)13-12-5-7-2-3-8-9(4-7)15-6-14-8/h2-5H,6H2,1H3,(H2,11,13,16)/b12-5-. The number of rotatable bonds is 2. The van der Waals surface area contributed by atoms with Crippen LogP contribution in [0.2, 0.25) is 0 Å². The van der Waals surface area contributed by atoms with Gasteiger partial charge in [0, 0.05) is 7.05 Å². The fraction of sp³-hybridized carbons (Fsp3) is 0.200. The minimum Gasteiger partial charge on any atom is -0.454 e. The lowest BCUT2D eigenvalue weighted by molar-refractivity contribution is 0.174. The van der Waals surface area contributed by atoms with E-state index in [0.29, 0.717) is 5.11 Å². The fourth-order valence-corrected chi connectivity index (χ4v) is 1.27. The lowest BCUT2D eigenvalue weighted by Gasteiger charge is -2.00. The molecule has 5 nitrogen and oxygen atoms in total. The maximum atomic E-state index is 5.25. The number of hydrogen-bond donors (Lipinski definition) is 2. The number of fused-ring (bicyclic) bond motifs is 1. The summed E-state index contributed by atoms with van der Waals surface area (Å²) in [6.07, 6.45) is 1.66. The number of hydrazone groups is 1. The summed E-state index contributed by atoms with van der Waals surface area (Å²) in [7, 11) is 1.73. The van der Waals surface area contributed by atoms with E-state index in [9.17, 15) is 0 Å². The van der Waals surface area contributed by atoms with E-state index in [4.69, 9.17) is 21.7 Å². The molecule has 1 aromatic rings. The highest BCUT2D eigenvalue weighted by atomic mass is 32.1. The fourth-order valence-electron chi connectivity index (χ4n) is 1.21. The molecule has 1 aliphatic heterocycles. The van der Waals surface area contributed by atoms with Crippen LogP contribution in [0.4, 0.5) is 0 Å². The summed E-state index contributed by atoms with van der Waals surface area (Å²) in [6, 6.07) is 5.59. The molecule has 0 fully saturated rings. The molecule has 0 aromatic heterocycles. The van der Waals surface area contributed by atoms with Crippen LogP contribution in [0.3, 0.4) is 0 Å². The van der Waals surface area contributed by atoms with Gasteiger partial charge in [-0.1, -0.05) is 0 Å². The molecule has 2 rings (SSSR count). The zero-order valence-corrected chi connectivity index (χ0v) is 9.50. The van der Waals surface area contributed by atoms with Crippen molar-refractivity contribution in [3.63, 3.8) is 0 Å². The molecule has 0 amide bonds. The molecule has 0 saturated carbocycles. The number of nitrogens with one attached hydrogen (secondary N) is 2. The van der Waals surface area contributed by atoms with Crippen LogP contribution in [0, 0.1) is 0 Å². The predicted molar refractivity (Wildman–Crippen MR) is 65.0 cm³/mol.